The molecule has 0 aliphatic carbocycles. The molecule has 0 radical (unpaired) electrons. The van der Waals surface area contributed by atoms with Gasteiger partial charge in [-0.1, -0.05) is 0 Å². The molecule has 0 bridgehead atoms. The molecule has 1 aromatic heterocycles. The van der Waals surface area contributed by atoms with Crippen molar-refractivity contribution in [2.75, 3.05) is 12.3 Å². The van der Waals surface area contributed by atoms with Gasteiger partial charge < -0.3 is 25.8 Å². The number of hydrogen-bond donors (Lipinski definition) is 4. The fourth-order valence-electron chi connectivity index (χ4n) is 1.92. The Morgan fingerprint density at radius 2 is 2.06 bits per heavy atom. The predicted octanol–water partition coefficient (Wildman–Crippen LogP) is -2.86. The molecule has 0 spiro atoms. The lowest BCUT2D eigenvalue weighted by Gasteiger charge is -2.18. The highest BCUT2D eigenvalue weighted by Gasteiger charge is 2.44. The summed E-state index contributed by atoms with van der Waals surface area (Å²) in [5.74, 6) is 0.0165. The lowest BCUT2D eigenvalue weighted by Crippen LogP contribution is -2.37. The molecule has 9 heteroatoms. The molecule has 2 heterocycles. The number of aryl methyl sites for hydroxylation is 1. The van der Waals surface area contributed by atoms with Crippen molar-refractivity contribution in [3.05, 3.63) is 16.3 Å². The van der Waals surface area contributed by atoms with Crippen molar-refractivity contribution < 1.29 is 20.1 Å². The van der Waals surface area contributed by atoms with E-state index >= 15 is 0 Å². The van der Waals surface area contributed by atoms with Crippen molar-refractivity contribution >= 4 is 5.95 Å². The van der Waals surface area contributed by atoms with Gasteiger partial charge >= 0.3 is 5.69 Å². The molecule has 100 valence electrons. The predicted molar refractivity (Wildman–Crippen MR) is 58.5 cm³/mol. The molecule has 4 atom stereocenters. The van der Waals surface area contributed by atoms with E-state index in [4.69, 9.17) is 15.6 Å². The summed E-state index contributed by atoms with van der Waals surface area (Å²) in [6, 6.07) is 0. The van der Waals surface area contributed by atoms with E-state index < -0.39 is 36.8 Å². The number of aliphatic hydroxyl groups excluding tert-OH is 3. The quantitative estimate of drug-likeness (QED) is 0.443. The third-order valence-electron chi connectivity index (χ3n) is 2.81. The van der Waals surface area contributed by atoms with Crippen molar-refractivity contribution in [1.82, 2.24) is 14.5 Å². The molecule has 5 N–H and O–H groups in total. The van der Waals surface area contributed by atoms with Crippen molar-refractivity contribution in [3.63, 3.8) is 0 Å². The SMILES string of the molecule is Cc1nc(N)nc(=O)n1[C@@H]1O[C@H](CO)C(O)C1O. The van der Waals surface area contributed by atoms with Crippen LogP contribution < -0.4 is 11.4 Å². The average molecular weight is 258 g/mol. The molecule has 2 unspecified atom stereocenters. The number of nitrogen functional groups attached to an aromatic ring is 1. The second kappa shape index (κ2) is 4.61. The van der Waals surface area contributed by atoms with Crippen LogP contribution in [0.5, 0.6) is 0 Å². The normalized spacial score (nSPS) is 31.8. The van der Waals surface area contributed by atoms with Gasteiger partial charge in [0.1, 0.15) is 24.1 Å². The molecule has 9 nitrogen and oxygen atoms in total. The first kappa shape index (κ1) is 12.9. The summed E-state index contributed by atoms with van der Waals surface area (Å²) in [4.78, 5) is 18.9. The Hall–Kier alpha value is -1.55. The molecular formula is C9H14N4O5. The molecule has 1 aliphatic rings. The minimum atomic E-state index is -1.36. The number of ether oxygens (including phenoxy) is 1. The number of nitrogens with zero attached hydrogens (tertiary/aromatic N) is 3. The van der Waals surface area contributed by atoms with E-state index in [1.54, 1.807) is 0 Å². The molecule has 0 aromatic carbocycles. The number of anilines is 1. The van der Waals surface area contributed by atoms with E-state index in [-0.39, 0.29) is 11.8 Å². The molecule has 1 aromatic rings. The van der Waals surface area contributed by atoms with Crippen LogP contribution in [-0.2, 0) is 4.74 Å². The van der Waals surface area contributed by atoms with Crippen LogP contribution in [0, 0.1) is 6.92 Å². The van der Waals surface area contributed by atoms with Crippen molar-refractivity contribution in [2.24, 2.45) is 0 Å². The van der Waals surface area contributed by atoms with Crippen molar-refractivity contribution in [1.29, 1.82) is 0 Å². The summed E-state index contributed by atoms with van der Waals surface area (Å²) in [7, 11) is 0. The minimum Gasteiger partial charge on any atom is -0.394 e. The first-order chi connectivity index (χ1) is 8.45. The van der Waals surface area contributed by atoms with E-state index in [1.165, 1.54) is 6.92 Å². The van der Waals surface area contributed by atoms with Gasteiger partial charge in [0.15, 0.2) is 6.23 Å². The topological polar surface area (TPSA) is 144 Å². The Morgan fingerprint density at radius 1 is 1.39 bits per heavy atom. The van der Waals surface area contributed by atoms with Crippen molar-refractivity contribution in [2.45, 2.75) is 31.5 Å². The first-order valence-electron chi connectivity index (χ1n) is 5.30. The number of aromatic nitrogens is 3. The first-order valence-corrected chi connectivity index (χ1v) is 5.30. The molecule has 1 saturated heterocycles. The van der Waals surface area contributed by atoms with Gasteiger partial charge in [-0.15, -0.1) is 0 Å². The van der Waals surface area contributed by atoms with Crippen LogP contribution in [0.25, 0.3) is 0 Å². The highest BCUT2D eigenvalue weighted by molar-refractivity contribution is 5.13. The van der Waals surface area contributed by atoms with Crippen molar-refractivity contribution in [3.8, 4) is 0 Å². The zero-order chi connectivity index (χ0) is 13.4. The summed E-state index contributed by atoms with van der Waals surface area (Å²) in [6.07, 6.45) is -4.76. The number of hydrogen-bond acceptors (Lipinski definition) is 8. The smallest absolute Gasteiger partial charge is 0.354 e. The maximum absolute atomic E-state index is 11.7. The van der Waals surface area contributed by atoms with Gasteiger partial charge in [0.05, 0.1) is 6.61 Å². The summed E-state index contributed by atoms with van der Waals surface area (Å²) in [5, 5.41) is 28.4. The van der Waals surface area contributed by atoms with Crippen LogP contribution in [0.2, 0.25) is 0 Å². The third kappa shape index (κ3) is 1.97. The molecule has 1 fully saturated rings. The Labute approximate surface area is 101 Å². The summed E-state index contributed by atoms with van der Waals surface area (Å²) in [5.41, 5.74) is 4.57. The van der Waals surface area contributed by atoms with Gasteiger partial charge in [-0.25, -0.2) is 4.79 Å². The highest BCUT2D eigenvalue weighted by Crippen LogP contribution is 2.28. The second-order valence-electron chi connectivity index (χ2n) is 4.01. The summed E-state index contributed by atoms with van der Waals surface area (Å²) in [6.45, 7) is 1.02. The molecule has 18 heavy (non-hydrogen) atoms. The fraction of sp³-hybridized carbons (Fsp3) is 0.667. The zero-order valence-electron chi connectivity index (χ0n) is 9.59. The number of aliphatic hydroxyl groups is 3. The Morgan fingerprint density at radius 3 is 2.56 bits per heavy atom. The Bertz CT molecular complexity index is 504. The Kier molecular flexibility index (Phi) is 3.30. The van der Waals surface area contributed by atoms with E-state index in [2.05, 4.69) is 9.97 Å². The lowest BCUT2D eigenvalue weighted by atomic mass is 10.1. The molecule has 1 aliphatic heterocycles. The van der Waals surface area contributed by atoms with Crippen LogP contribution in [0.4, 0.5) is 5.95 Å². The fourth-order valence-corrected chi connectivity index (χ4v) is 1.92. The third-order valence-corrected chi connectivity index (χ3v) is 2.81. The molecule has 0 amide bonds. The van der Waals surface area contributed by atoms with Gasteiger partial charge in [-0.2, -0.15) is 9.97 Å². The van der Waals surface area contributed by atoms with Gasteiger partial charge in [-0.05, 0) is 6.92 Å². The molecular weight excluding hydrogens is 244 g/mol. The number of nitrogens with two attached hydrogens (primary N) is 1. The van der Waals surface area contributed by atoms with Gasteiger partial charge in [-0.3, -0.25) is 4.57 Å². The van der Waals surface area contributed by atoms with E-state index in [0.29, 0.717) is 0 Å². The van der Waals surface area contributed by atoms with Crippen LogP contribution in [-0.4, -0.2) is 54.8 Å². The lowest BCUT2D eigenvalue weighted by molar-refractivity contribution is -0.0564. The maximum Gasteiger partial charge on any atom is 0.354 e. The molecule has 0 saturated carbocycles. The monoisotopic (exact) mass is 258 g/mol. The molecule has 2 rings (SSSR count). The number of rotatable bonds is 2. The van der Waals surface area contributed by atoms with Crippen LogP contribution >= 0.6 is 0 Å². The van der Waals surface area contributed by atoms with E-state index in [1.807, 2.05) is 0 Å². The maximum atomic E-state index is 11.7. The van der Waals surface area contributed by atoms with Gasteiger partial charge in [0.25, 0.3) is 0 Å². The van der Waals surface area contributed by atoms with Gasteiger partial charge in [0, 0.05) is 0 Å². The highest BCUT2D eigenvalue weighted by atomic mass is 16.6. The average Bonchev–Trinajstić information content (AvgIpc) is 2.56. The minimum absolute atomic E-state index is 0.180. The largest absolute Gasteiger partial charge is 0.394 e. The summed E-state index contributed by atoms with van der Waals surface area (Å²) >= 11 is 0. The van der Waals surface area contributed by atoms with Gasteiger partial charge in [0.2, 0.25) is 5.95 Å². The zero-order valence-corrected chi connectivity index (χ0v) is 9.59. The Balaban J connectivity index is 2.42. The van der Waals surface area contributed by atoms with Crippen LogP contribution in [0.3, 0.4) is 0 Å². The standard InChI is InChI=1S/C9H14N4O5/c1-3-11-8(10)12-9(17)13(3)7-6(16)5(15)4(2-14)18-7/h4-7,14-16H,2H2,1H3,(H2,10,12,17)/t4-,5?,6?,7-/m1/s1. The second-order valence-corrected chi connectivity index (χ2v) is 4.01. The van der Waals surface area contributed by atoms with E-state index in [0.717, 1.165) is 4.57 Å². The van der Waals surface area contributed by atoms with E-state index in [9.17, 15) is 15.0 Å². The summed E-state index contributed by atoms with van der Waals surface area (Å²) < 4.78 is 6.20. The van der Waals surface area contributed by atoms with Crippen LogP contribution in [0.1, 0.15) is 12.1 Å². The van der Waals surface area contributed by atoms with Crippen LogP contribution in [0.15, 0.2) is 4.79 Å².